The van der Waals surface area contributed by atoms with Gasteiger partial charge in [0.2, 0.25) is 0 Å². The van der Waals surface area contributed by atoms with Gasteiger partial charge in [0.15, 0.2) is 6.61 Å². The number of rotatable bonds is 7. The van der Waals surface area contributed by atoms with Crippen molar-refractivity contribution < 1.29 is 14.5 Å². The molecular formula is C17H14N4O4S. The minimum atomic E-state index is -0.496. The lowest BCUT2D eigenvalue weighted by atomic mass is 10.3. The third-order valence-corrected chi connectivity index (χ3v) is 4.28. The normalized spacial score (nSPS) is 10.3. The van der Waals surface area contributed by atoms with Gasteiger partial charge in [-0.25, -0.2) is 4.98 Å². The van der Waals surface area contributed by atoms with E-state index in [4.69, 9.17) is 4.74 Å². The topological polar surface area (TPSA) is 107 Å². The van der Waals surface area contributed by atoms with Crippen molar-refractivity contribution in [3.05, 3.63) is 70.0 Å². The average molecular weight is 370 g/mol. The maximum atomic E-state index is 11.9. The first-order valence-corrected chi connectivity index (χ1v) is 8.48. The summed E-state index contributed by atoms with van der Waals surface area (Å²) in [6.45, 7) is 0.108. The zero-order valence-electron chi connectivity index (χ0n) is 13.5. The number of nitro groups is 1. The number of pyridine rings is 1. The van der Waals surface area contributed by atoms with E-state index in [1.165, 1.54) is 35.6 Å². The Morgan fingerprint density at radius 2 is 2.08 bits per heavy atom. The maximum absolute atomic E-state index is 11.9. The van der Waals surface area contributed by atoms with Crippen LogP contribution in [0.3, 0.4) is 0 Å². The lowest BCUT2D eigenvalue weighted by Gasteiger charge is -2.06. The number of nitrogens with zero attached hydrogens (tertiary/aromatic N) is 3. The first-order chi connectivity index (χ1) is 12.6. The fraction of sp³-hybridized carbons (Fsp3) is 0.118. The monoisotopic (exact) mass is 370 g/mol. The molecule has 0 radical (unpaired) electrons. The molecule has 0 unspecified atom stereocenters. The third kappa shape index (κ3) is 4.61. The minimum absolute atomic E-state index is 0.0326. The molecule has 26 heavy (non-hydrogen) atoms. The van der Waals surface area contributed by atoms with Crippen LogP contribution in [0.1, 0.15) is 5.69 Å². The molecule has 0 saturated carbocycles. The van der Waals surface area contributed by atoms with Crippen molar-refractivity contribution in [3.63, 3.8) is 0 Å². The van der Waals surface area contributed by atoms with Crippen molar-refractivity contribution >= 4 is 22.9 Å². The molecule has 3 rings (SSSR count). The summed E-state index contributed by atoms with van der Waals surface area (Å²) in [5.74, 6) is 0.0811. The molecule has 0 aliphatic heterocycles. The first kappa shape index (κ1) is 17.5. The summed E-state index contributed by atoms with van der Waals surface area (Å²) < 4.78 is 5.30. The Bertz CT molecular complexity index is 897. The Hall–Kier alpha value is -3.33. The molecule has 8 nitrogen and oxygen atoms in total. The number of nitro benzene ring substituents is 1. The van der Waals surface area contributed by atoms with Gasteiger partial charge in [0, 0.05) is 35.5 Å². The highest BCUT2D eigenvalue weighted by Gasteiger charge is 2.08. The van der Waals surface area contributed by atoms with Crippen molar-refractivity contribution in [2.45, 2.75) is 6.54 Å². The Balaban J connectivity index is 1.47. The van der Waals surface area contributed by atoms with Crippen LogP contribution in [0, 0.1) is 10.1 Å². The molecule has 0 atom stereocenters. The van der Waals surface area contributed by atoms with E-state index in [0.717, 1.165) is 16.3 Å². The highest BCUT2D eigenvalue weighted by Crippen LogP contribution is 2.22. The van der Waals surface area contributed by atoms with Crippen molar-refractivity contribution in [2.24, 2.45) is 0 Å². The lowest BCUT2D eigenvalue weighted by Crippen LogP contribution is -2.28. The van der Waals surface area contributed by atoms with Crippen LogP contribution in [-0.4, -0.2) is 27.4 Å². The van der Waals surface area contributed by atoms with E-state index in [0.29, 0.717) is 12.3 Å². The molecule has 9 heteroatoms. The predicted octanol–water partition coefficient (Wildman–Crippen LogP) is 2.81. The second kappa shape index (κ2) is 8.17. The van der Waals surface area contributed by atoms with Crippen molar-refractivity contribution in [2.75, 3.05) is 6.61 Å². The Morgan fingerprint density at radius 1 is 1.27 bits per heavy atom. The molecule has 0 aliphatic carbocycles. The van der Waals surface area contributed by atoms with E-state index in [-0.39, 0.29) is 18.2 Å². The van der Waals surface area contributed by atoms with Crippen LogP contribution < -0.4 is 10.1 Å². The van der Waals surface area contributed by atoms with Crippen LogP contribution in [0.4, 0.5) is 5.69 Å². The van der Waals surface area contributed by atoms with Crippen molar-refractivity contribution in [1.29, 1.82) is 0 Å². The summed E-state index contributed by atoms with van der Waals surface area (Å²) in [5.41, 5.74) is 1.64. The van der Waals surface area contributed by atoms with Crippen LogP contribution in [0.5, 0.6) is 5.75 Å². The van der Waals surface area contributed by atoms with Gasteiger partial charge < -0.3 is 10.1 Å². The minimum Gasteiger partial charge on any atom is -0.484 e. The van der Waals surface area contributed by atoms with Crippen LogP contribution in [0.15, 0.2) is 54.2 Å². The Morgan fingerprint density at radius 3 is 2.77 bits per heavy atom. The molecule has 132 valence electrons. The van der Waals surface area contributed by atoms with Crippen LogP contribution in [0.2, 0.25) is 0 Å². The quantitative estimate of drug-likeness (QED) is 0.506. The number of nitrogens with one attached hydrogen (secondary N) is 1. The molecular weight excluding hydrogens is 356 g/mol. The summed E-state index contributed by atoms with van der Waals surface area (Å²) in [6.07, 6.45) is 3.43. The third-order valence-electron chi connectivity index (χ3n) is 3.34. The average Bonchev–Trinajstić information content (AvgIpc) is 3.15. The molecule has 0 spiro atoms. The molecule has 1 N–H and O–H groups in total. The van der Waals surface area contributed by atoms with Crippen LogP contribution in [0.25, 0.3) is 10.6 Å². The first-order valence-electron chi connectivity index (χ1n) is 7.60. The number of aromatic nitrogens is 2. The van der Waals surface area contributed by atoms with Gasteiger partial charge in [0.25, 0.3) is 11.6 Å². The second-order valence-corrected chi connectivity index (χ2v) is 6.06. The highest BCUT2D eigenvalue weighted by molar-refractivity contribution is 7.13. The fourth-order valence-corrected chi connectivity index (χ4v) is 2.87. The van der Waals surface area contributed by atoms with Crippen LogP contribution in [-0.2, 0) is 11.3 Å². The summed E-state index contributed by atoms with van der Waals surface area (Å²) in [7, 11) is 0. The number of carbonyl (C=O) groups is 1. The van der Waals surface area contributed by atoms with E-state index in [1.807, 2.05) is 17.5 Å². The molecule has 1 aromatic carbocycles. The molecule has 0 aliphatic rings. The smallest absolute Gasteiger partial charge is 0.269 e. The fourth-order valence-electron chi connectivity index (χ4n) is 2.06. The maximum Gasteiger partial charge on any atom is 0.269 e. The zero-order valence-corrected chi connectivity index (χ0v) is 14.3. The molecule has 0 fully saturated rings. The number of hydrogen-bond acceptors (Lipinski definition) is 7. The number of amides is 1. The SMILES string of the molecule is O=C(COc1ccc([N+](=O)[O-])cc1)NCc1csc(-c2cccnc2)n1. The van der Waals surface area contributed by atoms with Gasteiger partial charge >= 0.3 is 0 Å². The van der Waals surface area contributed by atoms with Gasteiger partial charge in [0.05, 0.1) is 17.2 Å². The number of benzene rings is 1. The molecule has 3 aromatic rings. The van der Waals surface area contributed by atoms with E-state index in [1.54, 1.807) is 12.4 Å². The van der Waals surface area contributed by atoms with Gasteiger partial charge in [-0.15, -0.1) is 11.3 Å². The summed E-state index contributed by atoms with van der Waals surface area (Å²) in [4.78, 5) is 30.5. The van der Waals surface area contributed by atoms with Gasteiger partial charge in [-0.2, -0.15) is 0 Å². The predicted molar refractivity (Wildman–Crippen MR) is 95.8 cm³/mol. The van der Waals surface area contributed by atoms with Gasteiger partial charge in [-0.1, -0.05) is 0 Å². The lowest BCUT2D eigenvalue weighted by molar-refractivity contribution is -0.384. The van der Waals surface area contributed by atoms with E-state index in [2.05, 4.69) is 15.3 Å². The Kier molecular flexibility index (Phi) is 5.49. The summed E-state index contributed by atoms with van der Waals surface area (Å²) in [6, 6.07) is 9.31. The van der Waals surface area contributed by atoms with Crippen molar-refractivity contribution in [3.8, 4) is 16.3 Å². The zero-order chi connectivity index (χ0) is 18.4. The Labute approximate surface area is 152 Å². The summed E-state index contributed by atoms with van der Waals surface area (Å²) in [5, 5.41) is 16.0. The summed E-state index contributed by atoms with van der Waals surface area (Å²) >= 11 is 1.48. The van der Waals surface area contributed by atoms with Crippen molar-refractivity contribution in [1.82, 2.24) is 15.3 Å². The van der Waals surface area contributed by atoms with Gasteiger partial charge in [-0.05, 0) is 24.3 Å². The molecule has 1 amide bonds. The van der Waals surface area contributed by atoms with Crippen LogP contribution >= 0.6 is 11.3 Å². The van der Waals surface area contributed by atoms with E-state index < -0.39 is 4.92 Å². The standard InChI is InChI=1S/C17H14N4O4S/c22-16(10-25-15-5-3-14(4-6-15)21(23)24)19-9-13-11-26-17(20-13)12-2-1-7-18-8-12/h1-8,11H,9-10H2,(H,19,22). The number of carbonyl (C=O) groups excluding carboxylic acids is 1. The van der Waals surface area contributed by atoms with Gasteiger partial charge in [-0.3, -0.25) is 19.9 Å². The molecule has 0 bridgehead atoms. The number of thiazole rings is 1. The molecule has 2 heterocycles. The second-order valence-electron chi connectivity index (χ2n) is 5.20. The van der Waals surface area contributed by atoms with E-state index in [9.17, 15) is 14.9 Å². The number of non-ortho nitro benzene ring substituents is 1. The van der Waals surface area contributed by atoms with Gasteiger partial charge in [0.1, 0.15) is 10.8 Å². The number of ether oxygens (including phenoxy) is 1. The largest absolute Gasteiger partial charge is 0.484 e. The van der Waals surface area contributed by atoms with E-state index >= 15 is 0 Å². The number of hydrogen-bond donors (Lipinski definition) is 1. The molecule has 0 saturated heterocycles. The highest BCUT2D eigenvalue weighted by atomic mass is 32.1. The molecule has 2 aromatic heterocycles.